The van der Waals surface area contributed by atoms with Gasteiger partial charge in [0.25, 0.3) is 0 Å². The molecule has 0 aromatic carbocycles. The van der Waals surface area contributed by atoms with Gasteiger partial charge < -0.3 is 10.6 Å². The average molecular weight is 216 g/mol. The highest BCUT2D eigenvalue weighted by Crippen LogP contribution is 1.97. The molecule has 2 N–H and O–H groups in total. The van der Waals surface area contributed by atoms with Crippen molar-refractivity contribution in [3.8, 4) is 0 Å². The Kier molecular flexibility index (Phi) is 9.52. The molecule has 0 aliphatic carbocycles. The number of ketones is 2. The Hall–Kier alpha value is -0.740. The molecule has 0 spiro atoms. The number of carbonyl (C=O) groups is 2. The van der Waals surface area contributed by atoms with Gasteiger partial charge in [0.2, 0.25) is 0 Å². The number of rotatable bonds is 4. The molecule has 0 amide bonds. The Morgan fingerprint density at radius 3 is 1.60 bits per heavy atom. The molecule has 0 aromatic rings. The van der Waals surface area contributed by atoms with Crippen LogP contribution >= 0.6 is 0 Å². The molecule has 90 valence electrons. The summed E-state index contributed by atoms with van der Waals surface area (Å²) in [6, 6.07) is -0.269. The molecule has 0 bridgehead atoms. The van der Waals surface area contributed by atoms with Crippen molar-refractivity contribution in [1.29, 1.82) is 0 Å². The zero-order chi connectivity index (χ0) is 12.6. The number of hydrogen-bond donors (Lipinski definition) is 1. The van der Waals surface area contributed by atoms with Gasteiger partial charge in [-0.3, -0.25) is 9.59 Å². The van der Waals surface area contributed by atoms with Crippen LogP contribution in [0, 0.1) is 5.92 Å². The fourth-order valence-electron chi connectivity index (χ4n) is 0.915. The highest BCUT2D eigenvalue weighted by atomic mass is 16.1. The van der Waals surface area contributed by atoms with Crippen LogP contribution in [0.5, 0.6) is 0 Å². The van der Waals surface area contributed by atoms with Gasteiger partial charge in [0.1, 0.15) is 11.6 Å². The van der Waals surface area contributed by atoms with E-state index in [0.717, 1.165) is 0 Å². The van der Waals surface area contributed by atoms with Crippen LogP contribution < -0.4 is 5.73 Å². The van der Waals surface area contributed by atoms with E-state index < -0.39 is 0 Å². The molecule has 1 unspecified atom stereocenters. The molecule has 0 fully saturated rings. The minimum atomic E-state index is -0.269. The zero-order valence-electron chi connectivity index (χ0n) is 10.7. The van der Waals surface area contributed by atoms with Crippen molar-refractivity contribution < 1.29 is 9.59 Å². The summed E-state index contributed by atoms with van der Waals surface area (Å²) < 4.78 is 0. The number of carbonyl (C=O) groups excluding carboxylic acids is 2. The van der Waals surface area contributed by atoms with Crippen molar-refractivity contribution in [3.63, 3.8) is 0 Å². The van der Waals surface area contributed by atoms with Crippen LogP contribution in [0.1, 0.15) is 27.7 Å². The SMILES string of the molecule is CC(=O)C(N)C(C)C.CC(=O)CN(C)C. The third-order valence-electron chi connectivity index (χ3n) is 1.73. The first-order valence-electron chi connectivity index (χ1n) is 5.08. The summed E-state index contributed by atoms with van der Waals surface area (Å²) >= 11 is 0. The van der Waals surface area contributed by atoms with Crippen LogP contribution in [0.3, 0.4) is 0 Å². The number of likely N-dealkylation sites (N-methyl/N-ethyl adjacent to an activating group) is 1. The van der Waals surface area contributed by atoms with Gasteiger partial charge in [0.05, 0.1) is 12.6 Å². The molecule has 0 radical (unpaired) electrons. The second-order valence-corrected chi connectivity index (χ2v) is 4.32. The van der Waals surface area contributed by atoms with Gasteiger partial charge in [-0.15, -0.1) is 0 Å². The minimum Gasteiger partial charge on any atom is -0.321 e. The molecule has 4 heteroatoms. The quantitative estimate of drug-likeness (QED) is 0.751. The lowest BCUT2D eigenvalue weighted by Crippen LogP contribution is -2.33. The minimum absolute atomic E-state index is 0.0694. The Morgan fingerprint density at radius 1 is 1.20 bits per heavy atom. The number of nitrogens with zero attached hydrogens (tertiary/aromatic N) is 1. The molecule has 0 saturated carbocycles. The van der Waals surface area contributed by atoms with Crippen molar-refractivity contribution in [1.82, 2.24) is 4.90 Å². The van der Waals surface area contributed by atoms with Gasteiger partial charge in [0, 0.05) is 0 Å². The van der Waals surface area contributed by atoms with Crippen LogP contribution in [0.25, 0.3) is 0 Å². The van der Waals surface area contributed by atoms with E-state index in [1.165, 1.54) is 6.92 Å². The van der Waals surface area contributed by atoms with E-state index in [-0.39, 0.29) is 23.5 Å². The predicted octanol–water partition coefficient (Wildman–Crippen LogP) is 0.696. The van der Waals surface area contributed by atoms with Crippen molar-refractivity contribution in [2.75, 3.05) is 20.6 Å². The Bertz CT molecular complexity index is 201. The third-order valence-corrected chi connectivity index (χ3v) is 1.73. The van der Waals surface area contributed by atoms with E-state index in [9.17, 15) is 9.59 Å². The highest BCUT2D eigenvalue weighted by molar-refractivity contribution is 5.81. The molecule has 0 aromatic heterocycles. The van der Waals surface area contributed by atoms with Crippen LogP contribution in [0.15, 0.2) is 0 Å². The van der Waals surface area contributed by atoms with E-state index in [4.69, 9.17) is 5.73 Å². The fraction of sp³-hybridized carbons (Fsp3) is 0.818. The van der Waals surface area contributed by atoms with Crippen LogP contribution in [0.2, 0.25) is 0 Å². The molecular weight excluding hydrogens is 192 g/mol. The monoisotopic (exact) mass is 216 g/mol. The summed E-state index contributed by atoms with van der Waals surface area (Å²) in [5.41, 5.74) is 5.41. The number of nitrogens with two attached hydrogens (primary N) is 1. The van der Waals surface area contributed by atoms with Gasteiger partial charge in [-0.05, 0) is 33.9 Å². The first-order valence-corrected chi connectivity index (χ1v) is 5.08. The first-order chi connectivity index (χ1) is 6.68. The lowest BCUT2D eigenvalue weighted by molar-refractivity contribution is -0.119. The maximum absolute atomic E-state index is 10.5. The molecule has 4 nitrogen and oxygen atoms in total. The zero-order valence-corrected chi connectivity index (χ0v) is 10.7. The van der Waals surface area contributed by atoms with Crippen molar-refractivity contribution in [2.24, 2.45) is 11.7 Å². The van der Waals surface area contributed by atoms with Gasteiger partial charge in [-0.25, -0.2) is 0 Å². The maximum Gasteiger partial charge on any atom is 0.146 e. The topological polar surface area (TPSA) is 63.4 Å². The normalized spacial score (nSPS) is 12.1. The lowest BCUT2D eigenvalue weighted by Gasteiger charge is -2.09. The van der Waals surface area contributed by atoms with Gasteiger partial charge in [-0.1, -0.05) is 13.8 Å². The molecule has 0 saturated heterocycles. The third kappa shape index (κ3) is 13.3. The molecule has 15 heavy (non-hydrogen) atoms. The number of Topliss-reactive ketones (excluding diaryl/α,β-unsaturated/α-hetero) is 2. The highest BCUT2D eigenvalue weighted by Gasteiger charge is 2.10. The second-order valence-electron chi connectivity index (χ2n) is 4.32. The Labute approximate surface area is 92.8 Å². The van der Waals surface area contributed by atoms with Gasteiger partial charge in [0.15, 0.2) is 0 Å². The van der Waals surface area contributed by atoms with E-state index in [1.54, 1.807) is 6.92 Å². The first kappa shape index (κ1) is 16.7. The molecule has 0 heterocycles. The summed E-state index contributed by atoms with van der Waals surface area (Å²) in [4.78, 5) is 22.5. The standard InChI is InChI=1S/C6H13NO.C5H11NO/c1-4(2)6(7)5(3)8;1-5(7)4-6(2)3/h4,6H,7H2,1-3H3;4H2,1-3H3. The summed E-state index contributed by atoms with van der Waals surface area (Å²) in [5.74, 6) is 0.553. The molecule has 0 aliphatic heterocycles. The van der Waals surface area contributed by atoms with E-state index in [0.29, 0.717) is 6.54 Å². The summed E-state index contributed by atoms with van der Waals surface area (Å²) in [6.45, 7) is 7.53. The van der Waals surface area contributed by atoms with E-state index in [1.807, 2.05) is 32.8 Å². The molecule has 0 rings (SSSR count). The van der Waals surface area contributed by atoms with Crippen molar-refractivity contribution in [2.45, 2.75) is 33.7 Å². The second kappa shape index (κ2) is 8.56. The Balaban J connectivity index is 0. The van der Waals surface area contributed by atoms with Crippen molar-refractivity contribution >= 4 is 11.6 Å². The summed E-state index contributed by atoms with van der Waals surface area (Å²) in [7, 11) is 3.75. The predicted molar refractivity (Wildman–Crippen MR) is 62.7 cm³/mol. The molecule has 0 aliphatic rings. The van der Waals surface area contributed by atoms with Crippen LogP contribution in [-0.2, 0) is 9.59 Å². The largest absolute Gasteiger partial charge is 0.321 e. The summed E-state index contributed by atoms with van der Waals surface area (Å²) in [6.07, 6.45) is 0. The maximum atomic E-state index is 10.5. The summed E-state index contributed by atoms with van der Waals surface area (Å²) in [5, 5.41) is 0. The fourth-order valence-corrected chi connectivity index (χ4v) is 0.915. The Morgan fingerprint density at radius 2 is 1.60 bits per heavy atom. The average Bonchev–Trinajstić information content (AvgIpc) is 2.00. The smallest absolute Gasteiger partial charge is 0.146 e. The number of hydrogen-bond acceptors (Lipinski definition) is 4. The molecular formula is C11H24N2O2. The van der Waals surface area contributed by atoms with E-state index >= 15 is 0 Å². The lowest BCUT2D eigenvalue weighted by atomic mass is 10.0. The van der Waals surface area contributed by atoms with Gasteiger partial charge >= 0.3 is 0 Å². The molecule has 1 atom stereocenters. The van der Waals surface area contributed by atoms with Crippen molar-refractivity contribution in [3.05, 3.63) is 0 Å². The van der Waals surface area contributed by atoms with Crippen LogP contribution in [0.4, 0.5) is 0 Å². The van der Waals surface area contributed by atoms with Crippen LogP contribution in [-0.4, -0.2) is 43.1 Å². The van der Waals surface area contributed by atoms with Gasteiger partial charge in [-0.2, -0.15) is 0 Å². The van der Waals surface area contributed by atoms with E-state index in [2.05, 4.69) is 0 Å².